The van der Waals surface area contributed by atoms with Gasteiger partial charge in [0.2, 0.25) is 0 Å². The second-order valence-electron chi connectivity index (χ2n) is 5.58. The first kappa shape index (κ1) is 18.6. The molecule has 1 heterocycles. The monoisotopic (exact) mass is 343 g/mol. The van der Waals surface area contributed by atoms with Crippen LogP contribution in [0.25, 0.3) is 0 Å². The minimum atomic E-state index is -0.312. The van der Waals surface area contributed by atoms with Gasteiger partial charge in [-0.05, 0) is 36.8 Å². The van der Waals surface area contributed by atoms with Crippen LogP contribution in [0.3, 0.4) is 0 Å². The molecular weight excluding hydrogens is 318 g/mol. The molecule has 1 amide bonds. The summed E-state index contributed by atoms with van der Waals surface area (Å²) in [5.74, 6) is 1.70. The minimum absolute atomic E-state index is 0.312. The molecule has 0 saturated heterocycles. The molecule has 0 radical (unpaired) electrons. The summed E-state index contributed by atoms with van der Waals surface area (Å²) in [6.07, 6.45) is 1.46. The summed E-state index contributed by atoms with van der Waals surface area (Å²) in [4.78, 5) is 19.9. The molecule has 134 valence electrons. The molecule has 6 heteroatoms. The van der Waals surface area contributed by atoms with Gasteiger partial charge in [0.25, 0.3) is 0 Å². The molecule has 0 aliphatic carbocycles. The number of methoxy groups -OCH3 is 1. The molecule has 0 spiro atoms. The van der Waals surface area contributed by atoms with Crippen molar-refractivity contribution in [1.82, 2.24) is 9.88 Å². The summed E-state index contributed by atoms with van der Waals surface area (Å²) in [5.41, 5.74) is 1.14. The summed E-state index contributed by atoms with van der Waals surface area (Å²) in [6.45, 7) is 4.07. The van der Waals surface area contributed by atoms with E-state index in [1.807, 2.05) is 42.5 Å². The third kappa shape index (κ3) is 5.67. The third-order valence-electron chi connectivity index (χ3n) is 3.79. The van der Waals surface area contributed by atoms with E-state index in [0.717, 1.165) is 17.1 Å². The zero-order valence-electron chi connectivity index (χ0n) is 15.0. The van der Waals surface area contributed by atoms with Crippen molar-refractivity contribution in [2.45, 2.75) is 13.5 Å². The highest BCUT2D eigenvalue weighted by Gasteiger charge is 2.13. The van der Waals surface area contributed by atoms with Crippen LogP contribution in [0.1, 0.15) is 12.5 Å². The summed E-state index contributed by atoms with van der Waals surface area (Å²) >= 11 is 0. The maximum Gasteiger partial charge on any atom is 0.409 e. The first-order valence-electron chi connectivity index (χ1n) is 8.30. The predicted octanol–water partition coefficient (Wildman–Crippen LogP) is 3.19. The average Bonchev–Trinajstić information content (AvgIpc) is 2.66. The van der Waals surface area contributed by atoms with Crippen molar-refractivity contribution in [3.05, 3.63) is 54.2 Å². The number of aromatic nitrogens is 1. The Labute approximate surface area is 149 Å². The Morgan fingerprint density at radius 3 is 2.48 bits per heavy atom. The fourth-order valence-electron chi connectivity index (χ4n) is 2.36. The van der Waals surface area contributed by atoms with E-state index in [-0.39, 0.29) is 6.09 Å². The molecular formula is C19H25N3O3. The molecule has 1 aromatic carbocycles. The first-order chi connectivity index (χ1) is 12.1. The SMILES string of the molecule is CCOC(=O)N(C)CCN(Cc1ccc(OC)cc1)c1ccccn1. The molecule has 25 heavy (non-hydrogen) atoms. The number of hydrogen-bond acceptors (Lipinski definition) is 5. The second kappa shape index (κ2) is 9.52. The van der Waals surface area contributed by atoms with E-state index in [0.29, 0.717) is 26.2 Å². The van der Waals surface area contributed by atoms with E-state index in [1.165, 1.54) is 0 Å². The minimum Gasteiger partial charge on any atom is -0.497 e. The Bertz CT molecular complexity index is 647. The van der Waals surface area contributed by atoms with Gasteiger partial charge >= 0.3 is 6.09 Å². The molecule has 6 nitrogen and oxygen atoms in total. The Morgan fingerprint density at radius 2 is 1.88 bits per heavy atom. The van der Waals surface area contributed by atoms with Gasteiger partial charge in [-0.1, -0.05) is 18.2 Å². The number of likely N-dealkylation sites (N-methyl/N-ethyl adjacent to an activating group) is 1. The molecule has 0 fully saturated rings. The quantitative estimate of drug-likeness (QED) is 0.737. The number of nitrogens with zero attached hydrogens (tertiary/aromatic N) is 3. The standard InChI is InChI=1S/C19H25N3O3/c1-4-25-19(23)21(2)13-14-22(18-7-5-6-12-20-18)15-16-8-10-17(24-3)11-9-16/h5-12H,4,13-15H2,1-3H3. The van der Waals surface area contributed by atoms with E-state index >= 15 is 0 Å². The van der Waals surface area contributed by atoms with E-state index in [4.69, 9.17) is 9.47 Å². The smallest absolute Gasteiger partial charge is 0.409 e. The van der Waals surface area contributed by atoms with Gasteiger partial charge < -0.3 is 19.3 Å². The van der Waals surface area contributed by atoms with Gasteiger partial charge in [-0.3, -0.25) is 0 Å². The summed E-state index contributed by atoms with van der Waals surface area (Å²) < 4.78 is 10.2. The van der Waals surface area contributed by atoms with Crippen molar-refractivity contribution < 1.29 is 14.3 Å². The van der Waals surface area contributed by atoms with Crippen LogP contribution in [0.4, 0.5) is 10.6 Å². The lowest BCUT2D eigenvalue weighted by atomic mass is 10.2. The molecule has 0 atom stereocenters. The van der Waals surface area contributed by atoms with Crippen molar-refractivity contribution in [2.75, 3.05) is 38.8 Å². The normalized spacial score (nSPS) is 10.2. The van der Waals surface area contributed by atoms with Crippen LogP contribution < -0.4 is 9.64 Å². The molecule has 1 aromatic heterocycles. The van der Waals surface area contributed by atoms with Crippen LogP contribution in [0.2, 0.25) is 0 Å². The fourth-order valence-corrected chi connectivity index (χ4v) is 2.36. The van der Waals surface area contributed by atoms with Gasteiger partial charge in [0.1, 0.15) is 11.6 Å². The van der Waals surface area contributed by atoms with Gasteiger partial charge in [0.05, 0.1) is 13.7 Å². The van der Waals surface area contributed by atoms with E-state index in [1.54, 1.807) is 32.2 Å². The summed E-state index contributed by atoms with van der Waals surface area (Å²) in [5, 5.41) is 0. The highest BCUT2D eigenvalue weighted by molar-refractivity contribution is 5.67. The van der Waals surface area contributed by atoms with Crippen LogP contribution in [0.5, 0.6) is 5.75 Å². The van der Waals surface area contributed by atoms with Crippen molar-refractivity contribution in [2.24, 2.45) is 0 Å². The van der Waals surface area contributed by atoms with Crippen LogP contribution in [-0.4, -0.2) is 49.8 Å². The number of rotatable bonds is 8. The predicted molar refractivity (Wildman–Crippen MR) is 97.9 cm³/mol. The maximum absolute atomic E-state index is 11.8. The van der Waals surface area contributed by atoms with Gasteiger partial charge in [-0.25, -0.2) is 9.78 Å². The van der Waals surface area contributed by atoms with E-state index in [9.17, 15) is 4.79 Å². The lowest BCUT2D eigenvalue weighted by molar-refractivity contribution is 0.117. The van der Waals surface area contributed by atoms with Gasteiger partial charge in [0.15, 0.2) is 0 Å². The number of carbonyl (C=O) groups excluding carboxylic acids is 1. The number of amides is 1. The Hall–Kier alpha value is -2.76. The highest BCUT2D eigenvalue weighted by atomic mass is 16.6. The molecule has 0 saturated carbocycles. The highest BCUT2D eigenvalue weighted by Crippen LogP contribution is 2.17. The first-order valence-corrected chi connectivity index (χ1v) is 8.30. The van der Waals surface area contributed by atoms with Crippen LogP contribution in [0, 0.1) is 0 Å². The summed E-state index contributed by atoms with van der Waals surface area (Å²) in [6, 6.07) is 13.8. The lowest BCUT2D eigenvalue weighted by Crippen LogP contribution is -2.36. The lowest BCUT2D eigenvalue weighted by Gasteiger charge is -2.26. The molecule has 0 bridgehead atoms. The van der Waals surface area contributed by atoms with Gasteiger partial charge in [-0.15, -0.1) is 0 Å². The molecule has 0 aliphatic heterocycles. The number of anilines is 1. The number of hydrogen-bond donors (Lipinski definition) is 0. The molecule has 2 rings (SSSR count). The van der Waals surface area contributed by atoms with Crippen LogP contribution in [0.15, 0.2) is 48.7 Å². The number of carbonyl (C=O) groups is 1. The average molecular weight is 343 g/mol. The number of benzene rings is 1. The van der Waals surface area contributed by atoms with E-state index < -0.39 is 0 Å². The van der Waals surface area contributed by atoms with Crippen molar-refractivity contribution in [3.8, 4) is 5.75 Å². The number of ether oxygens (including phenoxy) is 2. The zero-order valence-corrected chi connectivity index (χ0v) is 15.0. The van der Waals surface area contributed by atoms with Crippen molar-refractivity contribution >= 4 is 11.9 Å². The Morgan fingerprint density at radius 1 is 1.12 bits per heavy atom. The maximum atomic E-state index is 11.8. The zero-order chi connectivity index (χ0) is 18.1. The largest absolute Gasteiger partial charge is 0.497 e. The number of pyridine rings is 1. The molecule has 0 aliphatic rings. The third-order valence-corrected chi connectivity index (χ3v) is 3.79. The Kier molecular flexibility index (Phi) is 7.07. The van der Waals surface area contributed by atoms with Gasteiger partial charge in [0, 0.05) is 32.9 Å². The topological polar surface area (TPSA) is 54.9 Å². The van der Waals surface area contributed by atoms with Gasteiger partial charge in [-0.2, -0.15) is 0 Å². The molecule has 0 N–H and O–H groups in total. The molecule has 0 unspecified atom stereocenters. The Balaban J connectivity index is 2.06. The fraction of sp³-hybridized carbons (Fsp3) is 0.368. The van der Waals surface area contributed by atoms with Crippen molar-refractivity contribution in [1.29, 1.82) is 0 Å². The van der Waals surface area contributed by atoms with Crippen LogP contribution >= 0.6 is 0 Å². The van der Waals surface area contributed by atoms with Crippen molar-refractivity contribution in [3.63, 3.8) is 0 Å². The van der Waals surface area contributed by atoms with Crippen LogP contribution in [-0.2, 0) is 11.3 Å². The summed E-state index contributed by atoms with van der Waals surface area (Å²) in [7, 11) is 3.39. The molecule has 2 aromatic rings. The van der Waals surface area contributed by atoms with E-state index in [2.05, 4.69) is 9.88 Å². The second-order valence-corrected chi connectivity index (χ2v) is 5.58.